The lowest BCUT2D eigenvalue weighted by molar-refractivity contribution is -0.181. The van der Waals surface area contributed by atoms with Crippen LogP contribution in [0.4, 0.5) is 10.5 Å². The third-order valence-electron chi connectivity index (χ3n) is 4.84. The van der Waals surface area contributed by atoms with Gasteiger partial charge in [0.15, 0.2) is 0 Å². The standard InChI is InChI=1S/C25H32N6O4/c1-5-9-31(34-10-8-29-24(33)35-25(2,3)4)23(32)19-11-18-7-6-17(20-14-27-16-28-15-20)12-21(18)30-22(26)13-19/h6-7,11-12,14-16H,5,8-10,13H2,1-4H3,(H2,26,30)(H,29,33). The Labute approximate surface area is 205 Å². The monoisotopic (exact) mass is 480 g/mol. The number of hydrogen-bond donors (Lipinski definition) is 2. The van der Waals surface area contributed by atoms with E-state index in [2.05, 4.69) is 20.3 Å². The van der Waals surface area contributed by atoms with Gasteiger partial charge in [0.1, 0.15) is 17.8 Å². The predicted molar refractivity (Wildman–Crippen MR) is 134 cm³/mol. The molecule has 10 nitrogen and oxygen atoms in total. The van der Waals surface area contributed by atoms with Crippen molar-refractivity contribution in [3.63, 3.8) is 0 Å². The first-order valence-electron chi connectivity index (χ1n) is 11.5. The second-order valence-corrected chi connectivity index (χ2v) is 9.02. The summed E-state index contributed by atoms with van der Waals surface area (Å²) in [6, 6.07) is 5.71. The molecule has 1 aliphatic heterocycles. The van der Waals surface area contributed by atoms with Gasteiger partial charge in [0, 0.05) is 48.6 Å². The summed E-state index contributed by atoms with van der Waals surface area (Å²) in [7, 11) is 0. The van der Waals surface area contributed by atoms with Crippen molar-refractivity contribution in [1.82, 2.24) is 20.3 Å². The van der Waals surface area contributed by atoms with Crippen molar-refractivity contribution < 1.29 is 19.2 Å². The number of amides is 2. The number of rotatable bonds is 8. The lowest BCUT2D eigenvalue weighted by Crippen LogP contribution is -2.38. The zero-order chi connectivity index (χ0) is 25.4. The molecule has 3 rings (SSSR count). The lowest BCUT2D eigenvalue weighted by atomic mass is 10.0. The average Bonchev–Trinajstić information content (AvgIpc) is 2.97. The van der Waals surface area contributed by atoms with Crippen LogP contribution >= 0.6 is 0 Å². The molecule has 186 valence electrons. The van der Waals surface area contributed by atoms with E-state index in [-0.39, 0.29) is 25.5 Å². The summed E-state index contributed by atoms with van der Waals surface area (Å²) in [4.78, 5) is 43.4. The molecule has 0 radical (unpaired) electrons. The first-order chi connectivity index (χ1) is 16.7. The quantitative estimate of drug-likeness (QED) is 0.436. The second-order valence-electron chi connectivity index (χ2n) is 9.02. The molecule has 0 saturated heterocycles. The van der Waals surface area contributed by atoms with Gasteiger partial charge in [-0.1, -0.05) is 19.1 Å². The number of fused-ring (bicyclic) bond motifs is 1. The van der Waals surface area contributed by atoms with Crippen LogP contribution in [0.1, 0.15) is 46.1 Å². The molecule has 0 saturated carbocycles. The minimum absolute atomic E-state index is 0.112. The van der Waals surface area contributed by atoms with Crippen molar-refractivity contribution in [2.75, 3.05) is 19.7 Å². The molecule has 0 fully saturated rings. The van der Waals surface area contributed by atoms with Crippen LogP contribution in [0.5, 0.6) is 0 Å². The maximum absolute atomic E-state index is 13.3. The molecule has 0 aliphatic carbocycles. The fourth-order valence-corrected chi connectivity index (χ4v) is 3.37. The largest absolute Gasteiger partial charge is 0.444 e. The van der Waals surface area contributed by atoms with Crippen molar-refractivity contribution in [3.05, 3.63) is 48.1 Å². The summed E-state index contributed by atoms with van der Waals surface area (Å²) in [5.74, 6) is 0.0310. The predicted octanol–water partition coefficient (Wildman–Crippen LogP) is 3.61. The molecule has 0 spiro atoms. The summed E-state index contributed by atoms with van der Waals surface area (Å²) in [5, 5.41) is 3.92. The van der Waals surface area contributed by atoms with E-state index in [1.165, 1.54) is 11.4 Å². The third kappa shape index (κ3) is 7.61. The van der Waals surface area contributed by atoms with E-state index in [1.54, 1.807) is 39.2 Å². The maximum Gasteiger partial charge on any atom is 0.407 e. The number of ether oxygens (including phenoxy) is 1. The Morgan fingerprint density at radius 1 is 1.17 bits per heavy atom. The maximum atomic E-state index is 13.3. The second kappa shape index (κ2) is 11.6. The summed E-state index contributed by atoms with van der Waals surface area (Å²) >= 11 is 0. The summed E-state index contributed by atoms with van der Waals surface area (Å²) in [6.07, 6.45) is 7.06. The van der Waals surface area contributed by atoms with E-state index < -0.39 is 11.7 Å². The molecular formula is C25H32N6O4. The molecule has 2 heterocycles. The van der Waals surface area contributed by atoms with E-state index in [9.17, 15) is 9.59 Å². The van der Waals surface area contributed by atoms with Gasteiger partial charge in [0.2, 0.25) is 0 Å². The Balaban J connectivity index is 1.71. The van der Waals surface area contributed by atoms with Crippen molar-refractivity contribution in [2.24, 2.45) is 10.7 Å². The molecular weight excluding hydrogens is 448 g/mol. The van der Waals surface area contributed by atoms with Gasteiger partial charge >= 0.3 is 6.09 Å². The molecule has 3 N–H and O–H groups in total. The Bertz CT molecular complexity index is 1110. The zero-order valence-corrected chi connectivity index (χ0v) is 20.6. The van der Waals surface area contributed by atoms with Gasteiger partial charge in [-0.25, -0.2) is 24.8 Å². The SMILES string of the molecule is CCCN(OCCNC(=O)OC(C)(C)C)C(=O)C1=Cc2ccc(-c3cncnc3)cc2N=C(N)C1. The molecule has 1 aliphatic rings. The van der Waals surface area contributed by atoms with E-state index in [4.69, 9.17) is 15.3 Å². The molecule has 0 atom stereocenters. The van der Waals surface area contributed by atoms with E-state index >= 15 is 0 Å². The first kappa shape index (κ1) is 25.8. The summed E-state index contributed by atoms with van der Waals surface area (Å²) < 4.78 is 5.20. The van der Waals surface area contributed by atoms with Crippen molar-refractivity contribution in [3.8, 4) is 11.1 Å². The van der Waals surface area contributed by atoms with Crippen LogP contribution in [0, 0.1) is 0 Å². The number of carbonyl (C=O) groups excluding carboxylic acids is 2. The van der Waals surface area contributed by atoms with E-state index in [0.29, 0.717) is 30.1 Å². The molecule has 0 unspecified atom stereocenters. The van der Waals surface area contributed by atoms with Gasteiger partial charge in [0.25, 0.3) is 5.91 Å². The number of nitrogens with one attached hydrogen (secondary N) is 1. The van der Waals surface area contributed by atoms with Crippen molar-refractivity contribution in [1.29, 1.82) is 0 Å². The average molecular weight is 481 g/mol. The number of alkyl carbamates (subject to hydrolysis) is 1. The highest BCUT2D eigenvalue weighted by Gasteiger charge is 2.23. The Morgan fingerprint density at radius 3 is 2.60 bits per heavy atom. The zero-order valence-electron chi connectivity index (χ0n) is 20.6. The number of benzene rings is 1. The lowest BCUT2D eigenvalue weighted by Gasteiger charge is -2.23. The third-order valence-corrected chi connectivity index (χ3v) is 4.84. The number of hydrogen-bond acceptors (Lipinski definition) is 8. The molecule has 2 aromatic rings. The van der Waals surface area contributed by atoms with Crippen LogP contribution in [0.2, 0.25) is 0 Å². The van der Waals surface area contributed by atoms with Crippen molar-refractivity contribution in [2.45, 2.75) is 46.1 Å². The fraction of sp³-hybridized carbons (Fsp3) is 0.400. The van der Waals surface area contributed by atoms with Gasteiger partial charge in [0.05, 0.1) is 12.3 Å². The normalized spacial score (nSPS) is 13.1. The van der Waals surface area contributed by atoms with Gasteiger partial charge in [-0.05, 0) is 44.9 Å². The smallest absolute Gasteiger partial charge is 0.407 e. The highest BCUT2D eigenvalue weighted by molar-refractivity contribution is 6.05. The molecule has 1 aromatic heterocycles. The number of hydroxylamine groups is 2. The number of aliphatic imine (C=N–C) groups is 1. The Morgan fingerprint density at radius 2 is 1.91 bits per heavy atom. The van der Waals surface area contributed by atoms with Crippen molar-refractivity contribution >= 4 is 29.6 Å². The fourth-order valence-electron chi connectivity index (χ4n) is 3.37. The van der Waals surface area contributed by atoms with Crippen LogP contribution in [0.3, 0.4) is 0 Å². The van der Waals surface area contributed by atoms with Gasteiger partial charge in [-0.2, -0.15) is 0 Å². The Hall–Kier alpha value is -3.79. The minimum Gasteiger partial charge on any atom is -0.444 e. The number of amidine groups is 1. The topological polar surface area (TPSA) is 132 Å². The Kier molecular flexibility index (Phi) is 8.53. The van der Waals surface area contributed by atoms with Crippen LogP contribution in [-0.4, -0.2) is 58.2 Å². The van der Waals surface area contributed by atoms with Crippen LogP contribution in [0.15, 0.2) is 47.5 Å². The van der Waals surface area contributed by atoms with Crippen LogP contribution < -0.4 is 11.1 Å². The molecule has 10 heteroatoms. The highest BCUT2D eigenvalue weighted by Crippen LogP contribution is 2.31. The number of nitrogens with two attached hydrogens (primary N) is 1. The van der Waals surface area contributed by atoms with Gasteiger partial charge < -0.3 is 15.8 Å². The van der Waals surface area contributed by atoms with Crippen LogP contribution in [0.25, 0.3) is 17.2 Å². The first-order valence-corrected chi connectivity index (χ1v) is 11.5. The minimum atomic E-state index is -0.589. The number of aromatic nitrogens is 2. The molecule has 2 amide bonds. The number of carbonyl (C=O) groups is 2. The summed E-state index contributed by atoms with van der Waals surface area (Å²) in [5.41, 5.74) is 9.23. The molecule has 0 bridgehead atoms. The van der Waals surface area contributed by atoms with Gasteiger partial charge in [-0.3, -0.25) is 9.63 Å². The number of nitrogens with zero attached hydrogens (tertiary/aromatic N) is 4. The molecule has 35 heavy (non-hydrogen) atoms. The van der Waals surface area contributed by atoms with Gasteiger partial charge in [-0.15, -0.1) is 0 Å². The highest BCUT2D eigenvalue weighted by atomic mass is 16.7. The van der Waals surface area contributed by atoms with E-state index in [0.717, 1.165) is 16.7 Å². The molecule has 1 aromatic carbocycles. The summed E-state index contributed by atoms with van der Waals surface area (Å²) in [6.45, 7) is 8.00. The van der Waals surface area contributed by atoms with Crippen LogP contribution in [-0.2, 0) is 14.4 Å². The van der Waals surface area contributed by atoms with E-state index in [1.807, 2.05) is 25.1 Å².